The maximum atomic E-state index is 12.7. The van der Waals surface area contributed by atoms with E-state index in [0.717, 1.165) is 63.3 Å². The predicted molar refractivity (Wildman–Crippen MR) is 124 cm³/mol. The fourth-order valence-corrected chi connectivity index (χ4v) is 4.53. The highest BCUT2D eigenvalue weighted by Crippen LogP contribution is 2.29. The zero-order valence-corrected chi connectivity index (χ0v) is 19.5. The number of carbonyl (C=O) groups excluding carboxylic acids is 1. The van der Waals surface area contributed by atoms with E-state index in [9.17, 15) is 4.79 Å². The summed E-state index contributed by atoms with van der Waals surface area (Å²) < 4.78 is 17.0. The first-order valence-electron chi connectivity index (χ1n) is 11.6. The van der Waals surface area contributed by atoms with Crippen molar-refractivity contribution in [3.63, 3.8) is 0 Å². The molecule has 6 heteroatoms. The maximum absolute atomic E-state index is 12.7. The highest BCUT2D eigenvalue weighted by atomic mass is 16.5. The number of ether oxygens (including phenoxy) is 3. The van der Waals surface area contributed by atoms with Crippen LogP contribution in [0.2, 0.25) is 0 Å². The highest BCUT2D eigenvalue weighted by molar-refractivity contribution is 5.91. The number of benzene rings is 1. The molecule has 2 aliphatic rings. The normalized spacial score (nSPS) is 23.3. The Balaban J connectivity index is 1.48. The molecule has 2 aliphatic heterocycles. The van der Waals surface area contributed by atoms with Crippen molar-refractivity contribution in [1.29, 1.82) is 0 Å². The number of likely N-dealkylation sites (tertiary alicyclic amines) is 1. The Labute approximate surface area is 187 Å². The van der Waals surface area contributed by atoms with Crippen LogP contribution < -0.4 is 9.47 Å². The van der Waals surface area contributed by atoms with E-state index in [1.165, 1.54) is 0 Å². The van der Waals surface area contributed by atoms with Crippen molar-refractivity contribution in [2.45, 2.75) is 52.2 Å². The second-order valence-corrected chi connectivity index (χ2v) is 8.84. The number of methoxy groups -OCH3 is 1. The number of piperidine rings is 1. The van der Waals surface area contributed by atoms with Crippen LogP contribution in [0.5, 0.6) is 11.5 Å². The lowest BCUT2D eigenvalue weighted by molar-refractivity contribution is -0.127. The summed E-state index contributed by atoms with van der Waals surface area (Å²) in [6.07, 6.45) is 7.22. The van der Waals surface area contributed by atoms with Crippen molar-refractivity contribution in [1.82, 2.24) is 9.80 Å². The Kier molecular flexibility index (Phi) is 8.79. The minimum Gasteiger partial charge on any atom is -0.493 e. The molecule has 0 aliphatic carbocycles. The van der Waals surface area contributed by atoms with Crippen molar-refractivity contribution in [3.8, 4) is 11.5 Å². The van der Waals surface area contributed by atoms with Crippen LogP contribution in [0.15, 0.2) is 24.3 Å². The van der Waals surface area contributed by atoms with Crippen molar-refractivity contribution < 1.29 is 19.0 Å². The fourth-order valence-electron chi connectivity index (χ4n) is 4.53. The van der Waals surface area contributed by atoms with Gasteiger partial charge >= 0.3 is 0 Å². The van der Waals surface area contributed by atoms with Crippen LogP contribution in [0.3, 0.4) is 0 Å². The largest absolute Gasteiger partial charge is 0.493 e. The van der Waals surface area contributed by atoms with Crippen LogP contribution in [0.25, 0.3) is 6.08 Å². The van der Waals surface area contributed by atoms with E-state index in [0.29, 0.717) is 30.5 Å². The van der Waals surface area contributed by atoms with E-state index in [2.05, 4.69) is 25.7 Å². The first kappa shape index (κ1) is 23.6. The summed E-state index contributed by atoms with van der Waals surface area (Å²) in [5, 5.41) is 0. The summed E-state index contributed by atoms with van der Waals surface area (Å²) in [4.78, 5) is 17.2. The smallest absolute Gasteiger partial charge is 0.246 e. The van der Waals surface area contributed by atoms with E-state index < -0.39 is 0 Å². The predicted octanol–water partition coefficient (Wildman–Crippen LogP) is 3.85. The monoisotopic (exact) mass is 430 g/mol. The highest BCUT2D eigenvalue weighted by Gasteiger charge is 2.27. The lowest BCUT2D eigenvalue weighted by atomic mass is 9.95. The molecule has 1 amide bonds. The second kappa shape index (κ2) is 11.5. The molecule has 0 bridgehead atoms. The van der Waals surface area contributed by atoms with Gasteiger partial charge in [-0.15, -0.1) is 0 Å². The van der Waals surface area contributed by atoms with Crippen molar-refractivity contribution in [2.75, 3.05) is 46.4 Å². The van der Waals surface area contributed by atoms with Gasteiger partial charge in [-0.05, 0) is 62.8 Å². The molecule has 3 rings (SSSR count). The fraction of sp³-hybridized carbons (Fsp3) is 0.640. The van der Waals surface area contributed by atoms with Gasteiger partial charge in [0, 0.05) is 38.8 Å². The minimum absolute atomic E-state index is 0.0809. The van der Waals surface area contributed by atoms with Gasteiger partial charge in [0.25, 0.3) is 0 Å². The molecule has 6 nitrogen and oxygen atoms in total. The Morgan fingerprint density at radius 2 is 1.87 bits per heavy atom. The first-order valence-corrected chi connectivity index (χ1v) is 11.6. The average Bonchev–Trinajstić information content (AvgIpc) is 2.76. The molecule has 1 aromatic carbocycles. The summed E-state index contributed by atoms with van der Waals surface area (Å²) >= 11 is 0. The maximum Gasteiger partial charge on any atom is 0.246 e. The van der Waals surface area contributed by atoms with E-state index in [-0.39, 0.29) is 5.91 Å². The molecule has 0 saturated carbocycles. The molecule has 31 heavy (non-hydrogen) atoms. The SMILES string of the molecule is CCCOc1ccc(/C=C/C(=O)N2CCC(CN3CC(C)OC(C)C3)CC2)cc1OC. The molecule has 2 atom stereocenters. The summed E-state index contributed by atoms with van der Waals surface area (Å²) in [7, 11) is 1.63. The summed E-state index contributed by atoms with van der Waals surface area (Å²) in [5.74, 6) is 2.16. The summed E-state index contributed by atoms with van der Waals surface area (Å²) in [6, 6.07) is 5.76. The van der Waals surface area contributed by atoms with Crippen LogP contribution >= 0.6 is 0 Å². The number of nitrogens with zero attached hydrogens (tertiary/aromatic N) is 2. The molecular weight excluding hydrogens is 392 g/mol. The van der Waals surface area contributed by atoms with Gasteiger partial charge in [-0.2, -0.15) is 0 Å². The van der Waals surface area contributed by atoms with Gasteiger partial charge in [0.15, 0.2) is 11.5 Å². The van der Waals surface area contributed by atoms with Gasteiger partial charge in [-0.3, -0.25) is 9.69 Å². The van der Waals surface area contributed by atoms with E-state index >= 15 is 0 Å². The number of amides is 1. The van der Waals surface area contributed by atoms with Crippen molar-refractivity contribution in [2.24, 2.45) is 5.92 Å². The van der Waals surface area contributed by atoms with Gasteiger partial charge in [-0.1, -0.05) is 13.0 Å². The molecule has 2 heterocycles. The van der Waals surface area contributed by atoms with Crippen LogP contribution in [0.1, 0.15) is 45.6 Å². The second-order valence-electron chi connectivity index (χ2n) is 8.84. The Hall–Kier alpha value is -2.05. The average molecular weight is 431 g/mol. The zero-order chi connectivity index (χ0) is 22.2. The molecule has 2 unspecified atom stereocenters. The van der Waals surface area contributed by atoms with E-state index in [1.807, 2.05) is 29.2 Å². The topological polar surface area (TPSA) is 51.2 Å². The van der Waals surface area contributed by atoms with Crippen LogP contribution in [-0.2, 0) is 9.53 Å². The molecule has 2 fully saturated rings. The van der Waals surface area contributed by atoms with Gasteiger partial charge in [0.05, 0.1) is 25.9 Å². The Bertz CT molecular complexity index is 733. The van der Waals surface area contributed by atoms with Gasteiger partial charge < -0.3 is 19.1 Å². The van der Waals surface area contributed by atoms with Gasteiger partial charge in [-0.25, -0.2) is 0 Å². The first-order chi connectivity index (χ1) is 15.0. The molecule has 1 aromatic rings. The third-order valence-electron chi connectivity index (χ3n) is 6.01. The van der Waals surface area contributed by atoms with Crippen LogP contribution in [-0.4, -0.2) is 74.4 Å². The zero-order valence-electron chi connectivity index (χ0n) is 19.5. The number of morpholine rings is 1. The molecule has 2 saturated heterocycles. The third kappa shape index (κ3) is 6.97. The standard InChI is InChI=1S/C25H38N2O4/c1-5-14-30-23-8-6-21(15-24(23)29-4)7-9-25(28)27-12-10-22(11-13-27)18-26-16-19(2)31-20(3)17-26/h6-9,15,19-20,22H,5,10-14,16-18H2,1-4H3/b9-7+. The summed E-state index contributed by atoms with van der Waals surface area (Å²) in [5.41, 5.74) is 0.930. The number of carbonyl (C=O) groups is 1. The molecular formula is C25H38N2O4. The van der Waals surface area contributed by atoms with Gasteiger partial charge in [0.1, 0.15) is 0 Å². The van der Waals surface area contributed by atoms with E-state index in [4.69, 9.17) is 14.2 Å². The Morgan fingerprint density at radius 1 is 1.16 bits per heavy atom. The lowest BCUT2D eigenvalue weighted by Crippen LogP contribution is -2.48. The third-order valence-corrected chi connectivity index (χ3v) is 6.01. The van der Waals surface area contributed by atoms with Crippen molar-refractivity contribution in [3.05, 3.63) is 29.8 Å². The van der Waals surface area contributed by atoms with Gasteiger partial charge in [0.2, 0.25) is 5.91 Å². The number of rotatable bonds is 8. The van der Waals surface area contributed by atoms with Crippen LogP contribution in [0, 0.1) is 5.92 Å². The number of hydrogen-bond acceptors (Lipinski definition) is 5. The minimum atomic E-state index is 0.0809. The molecule has 0 aromatic heterocycles. The van der Waals surface area contributed by atoms with E-state index in [1.54, 1.807) is 13.2 Å². The summed E-state index contributed by atoms with van der Waals surface area (Å²) in [6.45, 7) is 11.8. The number of hydrogen-bond donors (Lipinski definition) is 0. The quantitative estimate of drug-likeness (QED) is 0.587. The molecule has 0 radical (unpaired) electrons. The Morgan fingerprint density at radius 3 is 2.52 bits per heavy atom. The lowest BCUT2D eigenvalue weighted by Gasteiger charge is -2.39. The van der Waals surface area contributed by atoms with Crippen LogP contribution in [0.4, 0.5) is 0 Å². The molecule has 0 N–H and O–H groups in total. The molecule has 172 valence electrons. The van der Waals surface area contributed by atoms with Crippen molar-refractivity contribution >= 4 is 12.0 Å². The molecule has 0 spiro atoms.